The number of ether oxygens (including phenoxy) is 1. The predicted octanol–water partition coefficient (Wildman–Crippen LogP) is 3.74. The molecule has 0 N–H and O–H groups in total. The van der Waals surface area contributed by atoms with Crippen molar-refractivity contribution in [1.82, 2.24) is 4.57 Å². The van der Waals surface area contributed by atoms with E-state index >= 15 is 0 Å². The molecular formula is C26H19F2NO3S. The molecule has 0 spiro atoms. The van der Waals surface area contributed by atoms with Gasteiger partial charge in [-0.2, -0.15) is 0 Å². The number of ketones is 1. The lowest BCUT2D eigenvalue weighted by atomic mass is 10.1. The number of carbonyl (C=O) groups excluding carboxylic acids is 1. The van der Waals surface area contributed by atoms with Crippen LogP contribution in [0.2, 0.25) is 0 Å². The minimum Gasteiger partial charge on any atom is -0.497 e. The van der Waals surface area contributed by atoms with Gasteiger partial charge in [-0.25, -0.2) is 8.78 Å². The molecule has 0 aliphatic heterocycles. The number of methoxy groups -OCH3 is 1. The van der Waals surface area contributed by atoms with Gasteiger partial charge in [-0.1, -0.05) is 24.3 Å². The summed E-state index contributed by atoms with van der Waals surface area (Å²) < 4.78 is 34.3. The fraction of sp³-hybridized carbons (Fsp3) is 0.0769. The second kappa shape index (κ2) is 9.75. The van der Waals surface area contributed by atoms with Gasteiger partial charge in [-0.15, -0.1) is 11.3 Å². The van der Waals surface area contributed by atoms with Crippen LogP contribution in [0.15, 0.2) is 77.6 Å². The molecule has 0 bridgehead atoms. The first-order valence-corrected chi connectivity index (χ1v) is 10.9. The highest BCUT2D eigenvalue weighted by molar-refractivity contribution is 7.07. The predicted molar refractivity (Wildman–Crippen MR) is 125 cm³/mol. The van der Waals surface area contributed by atoms with Gasteiger partial charge in [-0.05, 0) is 65.7 Å². The molecule has 1 aromatic heterocycles. The largest absolute Gasteiger partial charge is 0.497 e. The summed E-state index contributed by atoms with van der Waals surface area (Å²) in [5.74, 6) is -0.434. The lowest BCUT2D eigenvalue weighted by Crippen LogP contribution is -2.32. The molecule has 166 valence electrons. The number of rotatable bonds is 6. The number of hydrogen-bond acceptors (Lipinski definition) is 4. The van der Waals surface area contributed by atoms with E-state index in [9.17, 15) is 18.4 Å². The van der Waals surface area contributed by atoms with Crippen LogP contribution in [0.1, 0.15) is 21.5 Å². The highest BCUT2D eigenvalue weighted by Crippen LogP contribution is 2.12. The topological polar surface area (TPSA) is 48.3 Å². The van der Waals surface area contributed by atoms with Crippen LogP contribution in [0.5, 0.6) is 5.75 Å². The minimum absolute atomic E-state index is 0.103. The first kappa shape index (κ1) is 22.4. The van der Waals surface area contributed by atoms with Gasteiger partial charge < -0.3 is 4.74 Å². The summed E-state index contributed by atoms with van der Waals surface area (Å²) in [5, 5.41) is 0. The molecule has 4 nitrogen and oxygen atoms in total. The van der Waals surface area contributed by atoms with E-state index in [2.05, 4.69) is 0 Å². The number of halogens is 2. The maximum atomic E-state index is 13.7. The Balaban J connectivity index is 1.82. The van der Waals surface area contributed by atoms with Crippen LogP contribution in [-0.4, -0.2) is 17.5 Å². The standard InChI is InChI=1S/C26H19F2NO3S/c1-32-22-11-7-19(8-12-22)23(30)15-25-29(16-18-3-2-4-21(28)13-18)26(31)24(33-25)14-17-5-9-20(27)10-6-17/h2-15H,16H2,1H3/b24-14+,25-15-. The van der Waals surface area contributed by atoms with Crippen molar-refractivity contribution in [3.63, 3.8) is 0 Å². The lowest BCUT2D eigenvalue weighted by Gasteiger charge is -2.03. The Bertz CT molecular complexity index is 1470. The van der Waals surface area contributed by atoms with Gasteiger partial charge in [-0.3, -0.25) is 14.2 Å². The third-order valence-electron chi connectivity index (χ3n) is 4.96. The first-order chi connectivity index (χ1) is 15.9. The average molecular weight is 464 g/mol. The van der Waals surface area contributed by atoms with E-state index in [1.807, 2.05) is 0 Å². The van der Waals surface area contributed by atoms with Crippen molar-refractivity contribution in [2.75, 3.05) is 7.11 Å². The van der Waals surface area contributed by atoms with Crippen LogP contribution in [0.25, 0.3) is 12.2 Å². The number of thiazole rings is 1. The highest BCUT2D eigenvalue weighted by atomic mass is 32.1. The number of carbonyl (C=O) groups is 1. The zero-order valence-electron chi connectivity index (χ0n) is 17.6. The maximum Gasteiger partial charge on any atom is 0.269 e. The molecule has 4 rings (SSSR count). The van der Waals surface area contributed by atoms with Gasteiger partial charge in [0, 0.05) is 11.6 Å². The van der Waals surface area contributed by atoms with Gasteiger partial charge >= 0.3 is 0 Å². The molecule has 0 fully saturated rings. The molecule has 0 atom stereocenters. The van der Waals surface area contributed by atoms with E-state index in [1.54, 1.807) is 61.7 Å². The summed E-state index contributed by atoms with van der Waals surface area (Å²) in [6.07, 6.45) is 3.04. The SMILES string of the molecule is COc1ccc(C(=O)/C=c2\s/c(=C/c3ccc(F)cc3)c(=O)n2Cc2cccc(F)c2)cc1. The van der Waals surface area contributed by atoms with Crippen molar-refractivity contribution in [3.05, 3.63) is 121 Å². The van der Waals surface area contributed by atoms with Gasteiger partial charge in [0.25, 0.3) is 5.56 Å². The fourth-order valence-corrected chi connectivity index (χ4v) is 4.31. The Labute approximate surface area is 192 Å². The average Bonchev–Trinajstić information content (AvgIpc) is 3.09. The molecule has 0 saturated carbocycles. The van der Waals surface area contributed by atoms with Crippen LogP contribution < -0.4 is 19.5 Å². The molecule has 0 radical (unpaired) electrons. The van der Waals surface area contributed by atoms with Crippen molar-refractivity contribution in [1.29, 1.82) is 0 Å². The smallest absolute Gasteiger partial charge is 0.269 e. The zero-order valence-corrected chi connectivity index (χ0v) is 18.4. The summed E-state index contributed by atoms with van der Waals surface area (Å²) in [4.78, 5) is 26.1. The molecule has 4 aromatic rings. The Morgan fingerprint density at radius 2 is 1.73 bits per heavy atom. The molecule has 0 saturated heterocycles. The molecule has 0 aliphatic carbocycles. The van der Waals surface area contributed by atoms with Crippen molar-refractivity contribution < 1.29 is 18.3 Å². The Morgan fingerprint density at radius 1 is 1.00 bits per heavy atom. The maximum absolute atomic E-state index is 13.7. The summed E-state index contributed by atoms with van der Waals surface area (Å²) in [7, 11) is 1.54. The molecule has 7 heteroatoms. The van der Waals surface area contributed by atoms with E-state index in [4.69, 9.17) is 4.74 Å². The summed E-state index contributed by atoms with van der Waals surface area (Å²) >= 11 is 1.15. The van der Waals surface area contributed by atoms with Crippen molar-refractivity contribution >= 4 is 29.3 Å². The monoisotopic (exact) mass is 463 g/mol. The van der Waals surface area contributed by atoms with Crippen LogP contribution in [0.3, 0.4) is 0 Å². The van der Waals surface area contributed by atoms with Crippen molar-refractivity contribution in [2.45, 2.75) is 6.54 Å². The van der Waals surface area contributed by atoms with Crippen LogP contribution in [0, 0.1) is 11.6 Å². The molecule has 33 heavy (non-hydrogen) atoms. The summed E-state index contributed by atoms with van der Waals surface area (Å²) in [5.41, 5.74) is 1.37. The summed E-state index contributed by atoms with van der Waals surface area (Å²) in [6, 6.07) is 18.4. The number of hydrogen-bond donors (Lipinski definition) is 0. The van der Waals surface area contributed by atoms with Crippen molar-refractivity contribution in [3.8, 4) is 5.75 Å². The van der Waals surface area contributed by atoms with Gasteiger partial charge in [0.15, 0.2) is 5.78 Å². The fourth-order valence-electron chi connectivity index (χ4n) is 3.27. The first-order valence-electron chi connectivity index (χ1n) is 10.0. The highest BCUT2D eigenvalue weighted by Gasteiger charge is 2.10. The number of aromatic nitrogens is 1. The van der Waals surface area contributed by atoms with E-state index < -0.39 is 5.82 Å². The molecule has 3 aromatic carbocycles. The second-order valence-electron chi connectivity index (χ2n) is 7.26. The van der Waals surface area contributed by atoms with Crippen LogP contribution in [-0.2, 0) is 6.54 Å². The van der Waals surface area contributed by atoms with E-state index in [0.29, 0.717) is 31.6 Å². The third kappa shape index (κ3) is 5.32. The normalized spacial score (nSPS) is 12.2. The van der Waals surface area contributed by atoms with Crippen LogP contribution >= 0.6 is 11.3 Å². The van der Waals surface area contributed by atoms with E-state index in [-0.39, 0.29) is 23.7 Å². The molecule has 0 unspecified atom stereocenters. The van der Waals surface area contributed by atoms with Gasteiger partial charge in [0.05, 0.1) is 18.2 Å². The zero-order chi connectivity index (χ0) is 23.4. The second-order valence-corrected chi connectivity index (χ2v) is 8.32. The van der Waals surface area contributed by atoms with Gasteiger partial charge in [0.1, 0.15) is 22.0 Å². The third-order valence-corrected chi connectivity index (χ3v) is 6.02. The van der Waals surface area contributed by atoms with E-state index in [1.165, 1.54) is 34.9 Å². The molecule has 1 heterocycles. The molecular weight excluding hydrogens is 444 g/mol. The number of benzene rings is 3. The van der Waals surface area contributed by atoms with Crippen molar-refractivity contribution in [2.24, 2.45) is 0 Å². The molecule has 0 aliphatic rings. The Kier molecular flexibility index (Phi) is 6.60. The van der Waals surface area contributed by atoms with E-state index in [0.717, 1.165) is 11.3 Å². The summed E-state index contributed by atoms with van der Waals surface area (Å²) in [6.45, 7) is 0.103. The lowest BCUT2D eigenvalue weighted by molar-refractivity contribution is 0.106. The van der Waals surface area contributed by atoms with Crippen LogP contribution in [0.4, 0.5) is 8.78 Å². The van der Waals surface area contributed by atoms with Gasteiger partial charge in [0.2, 0.25) is 0 Å². The quantitative estimate of drug-likeness (QED) is 0.410. The Morgan fingerprint density at radius 3 is 2.39 bits per heavy atom. The molecule has 0 amide bonds. The Hall–Kier alpha value is -3.84. The number of nitrogens with zero attached hydrogens (tertiary/aromatic N) is 1. The number of Topliss-reactive ketones (excluding diaryl/α,β-unsaturated/α-hetero) is 1. The minimum atomic E-state index is -0.409.